The normalized spacial score (nSPS) is 13.3. The van der Waals surface area contributed by atoms with E-state index in [0.717, 1.165) is 11.3 Å². The number of anilines is 2. The largest absolute Gasteiger partial charge is 0.326 e. The first-order chi connectivity index (χ1) is 15.2. The van der Waals surface area contributed by atoms with E-state index in [2.05, 4.69) is 15.5 Å². The van der Waals surface area contributed by atoms with Crippen molar-refractivity contribution >= 4 is 54.6 Å². The standard InChI is InChI=1S/C19H16N4O6S3/c24-17-11-12-10-13(7-8-15(12)20-17)31(26,27)23-21-19(25)14-4-1-2-5-16(14)22-32(28,29)18-6-3-9-30-18/h1-10,22-23H,11H2,(H,20,24)(H,21,25). The molecule has 0 aliphatic carbocycles. The Balaban J connectivity index is 1.50. The Morgan fingerprint density at radius 1 is 0.969 bits per heavy atom. The first-order valence-electron chi connectivity index (χ1n) is 9.06. The third-order valence-electron chi connectivity index (χ3n) is 4.49. The number of carbonyl (C=O) groups excluding carboxylic acids is 2. The van der Waals surface area contributed by atoms with Gasteiger partial charge in [-0.15, -0.1) is 16.2 Å². The molecule has 10 nitrogen and oxygen atoms in total. The van der Waals surface area contributed by atoms with Gasteiger partial charge in [0.15, 0.2) is 0 Å². The summed E-state index contributed by atoms with van der Waals surface area (Å²) in [7, 11) is -8.05. The first kappa shape index (κ1) is 22.0. The Morgan fingerprint density at radius 2 is 1.75 bits per heavy atom. The second kappa shape index (κ2) is 8.35. The highest BCUT2D eigenvalue weighted by molar-refractivity contribution is 7.94. The summed E-state index contributed by atoms with van der Waals surface area (Å²) in [6, 6.07) is 12.9. The SMILES string of the molecule is O=C1Cc2cc(S(=O)(=O)NNC(=O)c3ccccc3NS(=O)(=O)c3cccs3)ccc2N1. The number of hydrazine groups is 1. The van der Waals surface area contributed by atoms with Crippen LogP contribution in [0.5, 0.6) is 0 Å². The number of rotatable bonds is 7. The third-order valence-corrected chi connectivity index (χ3v) is 8.50. The molecule has 166 valence electrons. The van der Waals surface area contributed by atoms with Crippen molar-refractivity contribution in [1.82, 2.24) is 10.3 Å². The highest BCUT2D eigenvalue weighted by Crippen LogP contribution is 2.26. The van der Waals surface area contributed by atoms with E-state index in [1.807, 2.05) is 4.83 Å². The molecule has 0 bridgehead atoms. The predicted molar refractivity (Wildman–Crippen MR) is 118 cm³/mol. The van der Waals surface area contributed by atoms with Gasteiger partial charge in [0.1, 0.15) is 4.21 Å². The molecule has 0 atom stereocenters. The molecule has 3 aromatic rings. The number of fused-ring (bicyclic) bond motifs is 1. The Bertz CT molecular complexity index is 1420. The van der Waals surface area contributed by atoms with Crippen LogP contribution in [-0.2, 0) is 31.3 Å². The number of para-hydroxylation sites is 1. The third kappa shape index (κ3) is 4.50. The number of sulfonamides is 2. The summed E-state index contributed by atoms with van der Waals surface area (Å²) in [5.74, 6) is -1.10. The zero-order chi connectivity index (χ0) is 22.9. The van der Waals surface area contributed by atoms with Gasteiger partial charge in [0.2, 0.25) is 5.91 Å². The van der Waals surface area contributed by atoms with Crippen molar-refractivity contribution in [2.45, 2.75) is 15.5 Å². The van der Waals surface area contributed by atoms with E-state index < -0.39 is 26.0 Å². The molecular formula is C19H16N4O6S3. The molecular weight excluding hydrogens is 476 g/mol. The van der Waals surface area contributed by atoms with Crippen molar-refractivity contribution in [2.24, 2.45) is 0 Å². The van der Waals surface area contributed by atoms with Crippen molar-refractivity contribution in [3.05, 3.63) is 71.1 Å². The van der Waals surface area contributed by atoms with Crippen LogP contribution in [0.3, 0.4) is 0 Å². The fourth-order valence-corrected chi connectivity index (χ4v) is 5.96. The number of hydrogen-bond acceptors (Lipinski definition) is 7. The molecule has 0 spiro atoms. The van der Waals surface area contributed by atoms with Crippen LogP contribution >= 0.6 is 11.3 Å². The van der Waals surface area contributed by atoms with E-state index in [-0.39, 0.29) is 32.7 Å². The topological polar surface area (TPSA) is 151 Å². The molecule has 2 heterocycles. The van der Waals surface area contributed by atoms with Crippen LogP contribution in [0.15, 0.2) is 69.1 Å². The van der Waals surface area contributed by atoms with E-state index >= 15 is 0 Å². The quantitative estimate of drug-likeness (QED) is 0.369. The van der Waals surface area contributed by atoms with Crippen LogP contribution in [0.2, 0.25) is 0 Å². The lowest BCUT2D eigenvalue weighted by molar-refractivity contribution is -0.115. The maximum atomic E-state index is 12.6. The van der Waals surface area contributed by atoms with Crippen LogP contribution in [0.4, 0.5) is 11.4 Å². The molecule has 1 aliphatic heterocycles. The highest BCUT2D eigenvalue weighted by Gasteiger charge is 2.23. The van der Waals surface area contributed by atoms with Gasteiger partial charge in [-0.2, -0.15) is 0 Å². The summed E-state index contributed by atoms with van der Waals surface area (Å²) in [6.45, 7) is 0. The van der Waals surface area contributed by atoms with Gasteiger partial charge in [-0.05, 0) is 47.3 Å². The molecule has 2 amide bonds. The highest BCUT2D eigenvalue weighted by atomic mass is 32.2. The van der Waals surface area contributed by atoms with Crippen molar-refractivity contribution in [1.29, 1.82) is 0 Å². The average molecular weight is 493 g/mol. The summed E-state index contributed by atoms with van der Waals surface area (Å²) in [5.41, 5.74) is 3.04. The number of nitrogens with one attached hydrogen (secondary N) is 4. The van der Waals surface area contributed by atoms with E-state index in [0.29, 0.717) is 11.3 Å². The molecule has 32 heavy (non-hydrogen) atoms. The molecule has 2 aromatic carbocycles. The average Bonchev–Trinajstić information content (AvgIpc) is 3.41. The van der Waals surface area contributed by atoms with Gasteiger partial charge in [0.05, 0.1) is 22.6 Å². The lowest BCUT2D eigenvalue weighted by Gasteiger charge is -2.13. The molecule has 0 saturated carbocycles. The molecule has 1 aliphatic rings. The Kier molecular flexibility index (Phi) is 5.73. The number of amides is 2. The zero-order valence-corrected chi connectivity index (χ0v) is 18.6. The number of hydrogen-bond donors (Lipinski definition) is 4. The van der Waals surface area contributed by atoms with Gasteiger partial charge in [-0.3, -0.25) is 19.7 Å². The molecule has 0 unspecified atom stereocenters. The second-order valence-electron chi connectivity index (χ2n) is 6.69. The summed E-state index contributed by atoms with van der Waals surface area (Å²) >= 11 is 1.01. The van der Waals surface area contributed by atoms with E-state index in [1.165, 1.54) is 48.5 Å². The first-order valence-corrected chi connectivity index (χ1v) is 12.9. The fraction of sp³-hybridized carbons (Fsp3) is 0.0526. The zero-order valence-electron chi connectivity index (χ0n) is 16.2. The van der Waals surface area contributed by atoms with Crippen LogP contribution in [0.1, 0.15) is 15.9 Å². The molecule has 0 saturated heterocycles. The second-order valence-corrected chi connectivity index (χ2v) is 11.2. The maximum absolute atomic E-state index is 12.6. The van der Waals surface area contributed by atoms with Gasteiger partial charge in [0, 0.05) is 5.69 Å². The minimum absolute atomic E-state index is 0.0142. The number of thiophene rings is 1. The van der Waals surface area contributed by atoms with Gasteiger partial charge < -0.3 is 5.32 Å². The Labute approximate surface area is 187 Å². The fourth-order valence-electron chi connectivity index (χ4n) is 2.99. The van der Waals surface area contributed by atoms with Crippen molar-refractivity contribution in [2.75, 3.05) is 10.0 Å². The molecule has 13 heteroatoms. The molecule has 0 fully saturated rings. The summed E-state index contributed by atoms with van der Waals surface area (Å²) < 4.78 is 52.5. The lowest BCUT2D eigenvalue weighted by Crippen LogP contribution is -2.41. The maximum Gasteiger partial charge on any atom is 0.271 e. The van der Waals surface area contributed by atoms with Crippen LogP contribution in [0.25, 0.3) is 0 Å². The minimum atomic E-state index is -4.14. The Morgan fingerprint density at radius 3 is 2.50 bits per heavy atom. The van der Waals surface area contributed by atoms with Gasteiger partial charge in [0.25, 0.3) is 26.0 Å². The van der Waals surface area contributed by atoms with E-state index in [9.17, 15) is 26.4 Å². The summed E-state index contributed by atoms with van der Waals surface area (Å²) in [4.78, 5) is 25.9. The summed E-state index contributed by atoms with van der Waals surface area (Å²) in [6.07, 6.45) is 0.0583. The van der Waals surface area contributed by atoms with Crippen molar-refractivity contribution in [3.8, 4) is 0 Å². The number of carbonyl (C=O) groups is 2. The number of benzene rings is 2. The lowest BCUT2D eigenvalue weighted by atomic mass is 10.2. The van der Waals surface area contributed by atoms with Crippen LogP contribution in [0, 0.1) is 0 Å². The van der Waals surface area contributed by atoms with E-state index in [4.69, 9.17) is 0 Å². The van der Waals surface area contributed by atoms with Crippen LogP contribution in [-0.4, -0.2) is 28.6 Å². The van der Waals surface area contributed by atoms with Gasteiger partial charge in [-0.1, -0.05) is 18.2 Å². The Hall–Kier alpha value is -3.26. The van der Waals surface area contributed by atoms with Crippen molar-refractivity contribution in [3.63, 3.8) is 0 Å². The van der Waals surface area contributed by atoms with Gasteiger partial charge in [-0.25, -0.2) is 16.8 Å². The molecule has 0 radical (unpaired) electrons. The monoisotopic (exact) mass is 492 g/mol. The van der Waals surface area contributed by atoms with E-state index in [1.54, 1.807) is 11.4 Å². The van der Waals surface area contributed by atoms with Crippen molar-refractivity contribution < 1.29 is 26.4 Å². The molecule has 4 N–H and O–H groups in total. The van der Waals surface area contributed by atoms with Gasteiger partial charge >= 0.3 is 0 Å². The molecule has 4 rings (SSSR count). The minimum Gasteiger partial charge on any atom is -0.326 e. The predicted octanol–water partition coefficient (Wildman–Crippen LogP) is 1.67. The van der Waals surface area contributed by atoms with Crippen LogP contribution < -0.4 is 20.3 Å². The summed E-state index contributed by atoms with van der Waals surface area (Å²) in [5, 5.41) is 4.21. The molecule has 1 aromatic heterocycles. The smallest absolute Gasteiger partial charge is 0.271 e.